The molecule has 0 spiro atoms. The third-order valence-electron chi connectivity index (χ3n) is 6.20. The van der Waals surface area contributed by atoms with Gasteiger partial charge >= 0.3 is 1.41 Å². The lowest BCUT2D eigenvalue weighted by Crippen LogP contribution is -2.36. The van der Waals surface area contributed by atoms with Crippen LogP contribution in [-0.4, -0.2) is 4.98 Å². The summed E-state index contributed by atoms with van der Waals surface area (Å²) in [7, 11) is 0. The zero-order valence-electron chi connectivity index (χ0n) is 18.0. The van der Waals surface area contributed by atoms with E-state index >= 15 is 0 Å². The van der Waals surface area contributed by atoms with Crippen molar-refractivity contribution in [3.05, 3.63) is 70.5 Å². The number of aromatic nitrogens is 2. The van der Waals surface area contributed by atoms with E-state index in [2.05, 4.69) is 74.7 Å². The van der Waals surface area contributed by atoms with Crippen LogP contribution in [0.4, 0.5) is 0 Å². The zero-order valence-corrected chi connectivity index (χ0v) is 17.0. The molecule has 2 nitrogen and oxygen atoms in total. The predicted octanol–water partition coefficient (Wildman–Crippen LogP) is 6.24. The number of para-hydroxylation sites is 1. The van der Waals surface area contributed by atoms with Crippen LogP contribution in [0.3, 0.4) is 0 Å². The van der Waals surface area contributed by atoms with Crippen LogP contribution in [-0.2, 0) is 0 Å². The van der Waals surface area contributed by atoms with E-state index in [0.29, 0.717) is 5.92 Å². The maximum Gasteiger partial charge on any atom is 0.312 e. The van der Waals surface area contributed by atoms with Gasteiger partial charge in [-0.1, -0.05) is 55.7 Å². The number of H-pyrrole nitrogens is 1. The van der Waals surface area contributed by atoms with E-state index in [9.17, 15) is 1.41 Å². The summed E-state index contributed by atoms with van der Waals surface area (Å²) in [6.07, 6.45) is 6.28. The number of hydrogen-bond acceptors (Lipinski definition) is 0. The van der Waals surface area contributed by atoms with Crippen molar-refractivity contribution in [2.45, 2.75) is 65.7 Å². The van der Waals surface area contributed by atoms with Gasteiger partial charge in [0.15, 0.2) is 0 Å². The maximum atomic E-state index is 9.19. The molecule has 0 saturated heterocycles. The van der Waals surface area contributed by atoms with E-state index in [1.807, 2.05) is 0 Å². The molecule has 140 valence electrons. The number of aromatic amines is 1. The molecule has 0 unspecified atom stereocenters. The van der Waals surface area contributed by atoms with Crippen LogP contribution in [0, 0.1) is 27.7 Å². The first-order valence-corrected chi connectivity index (χ1v) is 10.3. The average molecular weight is 361 g/mol. The van der Waals surface area contributed by atoms with Crippen LogP contribution < -0.4 is 4.57 Å². The van der Waals surface area contributed by atoms with Crippen LogP contribution in [0.1, 0.15) is 66.1 Å². The minimum atomic E-state index is 0.486. The lowest BCUT2D eigenvalue weighted by atomic mass is 9.86. The van der Waals surface area contributed by atoms with Crippen molar-refractivity contribution in [2.75, 3.05) is 0 Å². The van der Waals surface area contributed by atoms with Gasteiger partial charge in [0.25, 0.3) is 5.82 Å². The number of benzene rings is 2. The number of imidazole rings is 1. The molecule has 1 fully saturated rings. The highest BCUT2D eigenvalue weighted by atomic mass is 15.1. The molecule has 0 aliphatic heterocycles. The molecule has 0 atom stereocenters. The lowest BCUT2D eigenvalue weighted by Gasteiger charge is -2.18. The van der Waals surface area contributed by atoms with Crippen molar-refractivity contribution in [2.24, 2.45) is 0 Å². The normalized spacial score (nSPS) is 15.8. The second-order valence-electron chi connectivity index (χ2n) is 8.13. The second kappa shape index (κ2) is 7.34. The molecule has 1 saturated carbocycles. The van der Waals surface area contributed by atoms with Crippen molar-refractivity contribution in [1.82, 2.24) is 4.98 Å². The van der Waals surface area contributed by atoms with Crippen molar-refractivity contribution in [3.8, 4) is 17.1 Å². The van der Waals surface area contributed by atoms with Crippen LogP contribution in [0.15, 0.2) is 42.5 Å². The van der Waals surface area contributed by atoms with Crippen molar-refractivity contribution in [3.63, 3.8) is 0 Å². The number of nitrogens with zero attached hydrogens (tertiary/aromatic N) is 1. The molecule has 2 aromatic carbocycles. The fraction of sp³-hybridized carbons (Fsp3) is 0.400. The lowest BCUT2D eigenvalue weighted by molar-refractivity contribution is -0.589. The fourth-order valence-electron chi connectivity index (χ4n) is 4.73. The molecule has 1 aliphatic carbocycles. The van der Waals surface area contributed by atoms with Gasteiger partial charge in [-0.05, 0) is 56.4 Å². The highest BCUT2D eigenvalue weighted by molar-refractivity contribution is 5.63. The summed E-state index contributed by atoms with van der Waals surface area (Å²) in [4.78, 5) is 1.76. The van der Waals surface area contributed by atoms with Gasteiger partial charge < -0.3 is 0 Å². The molecule has 1 heterocycles. The van der Waals surface area contributed by atoms with Crippen LogP contribution in [0.2, 0.25) is 1.41 Å². The maximum absolute atomic E-state index is 9.19. The Morgan fingerprint density at radius 2 is 1.48 bits per heavy atom. The summed E-state index contributed by atoms with van der Waals surface area (Å²) in [5.41, 5.74) is 8.47. The molecule has 0 radical (unpaired) electrons. The van der Waals surface area contributed by atoms with Gasteiger partial charge in [0.2, 0.25) is 0 Å². The number of rotatable bonds is 3. The van der Waals surface area contributed by atoms with Crippen molar-refractivity contribution in [1.29, 1.82) is 0 Å². The summed E-state index contributed by atoms with van der Waals surface area (Å²) < 4.78 is 11.5. The van der Waals surface area contributed by atoms with Crippen LogP contribution >= 0.6 is 0 Å². The number of aryl methyl sites for hydroxylation is 3. The SMILES string of the molecule is [2H]n1c(C2CCCCC2)c(C)[n+](-c2ccccc2C)c1-c1c(C)cccc1C. The molecule has 0 amide bonds. The van der Waals surface area contributed by atoms with Crippen LogP contribution in [0.25, 0.3) is 17.1 Å². The Labute approximate surface area is 164 Å². The standard InChI is InChI=1S/C25H30N2/c1-17-11-8-9-16-22(17)27-20(4)24(21-14-6-5-7-15-21)26-25(27)23-18(2)12-10-13-19(23)3/h8-13,16,21H,5-7,14-15H2,1-4H3/p+1/i/hD. The molecule has 0 bridgehead atoms. The minimum Gasteiger partial charge on any atom is -0.240 e. The fourth-order valence-corrected chi connectivity index (χ4v) is 4.73. The Morgan fingerprint density at radius 3 is 2.15 bits per heavy atom. The van der Waals surface area contributed by atoms with Gasteiger partial charge in [0.05, 0.1) is 5.56 Å². The van der Waals surface area contributed by atoms with Gasteiger partial charge in [-0.2, -0.15) is 4.57 Å². The van der Waals surface area contributed by atoms with Gasteiger partial charge in [-0.3, -0.25) is 0 Å². The number of nitrogens with one attached hydrogen (secondary N) is 1. The molecule has 1 aromatic heterocycles. The van der Waals surface area contributed by atoms with Gasteiger partial charge in [-0.25, -0.2) is 4.98 Å². The van der Waals surface area contributed by atoms with E-state index in [1.54, 1.807) is 4.98 Å². The topological polar surface area (TPSA) is 19.7 Å². The van der Waals surface area contributed by atoms with Crippen LogP contribution in [0.5, 0.6) is 0 Å². The van der Waals surface area contributed by atoms with E-state index in [1.165, 1.54) is 71.4 Å². The molecule has 1 N–H and O–H groups in total. The summed E-state index contributed by atoms with van der Waals surface area (Å²) in [6.45, 7) is 8.69. The minimum absolute atomic E-state index is 0.486. The summed E-state index contributed by atoms with van der Waals surface area (Å²) >= 11 is 0. The molecular formula is C25H31N2+. The Morgan fingerprint density at radius 1 is 0.852 bits per heavy atom. The quantitative estimate of drug-likeness (QED) is 0.533. The van der Waals surface area contributed by atoms with Gasteiger partial charge in [0.1, 0.15) is 17.1 Å². The smallest absolute Gasteiger partial charge is 0.240 e. The monoisotopic (exact) mass is 360 g/mol. The second-order valence-corrected chi connectivity index (χ2v) is 8.13. The third kappa shape index (κ3) is 3.22. The predicted molar refractivity (Wildman–Crippen MR) is 113 cm³/mol. The number of hydrogen-bond donors (Lipinski definition) is 1. The van der Waals surface area contributed by atoms with E-state index in [-0.39, 0.29) is 0 Å². The Kier molecular flexibility index (Phi) is 4.57. The van der Waals surface area contributed by atoms with Crippen molar-refractivity contribution >= 4 is 0 Å². The van der Waals surface area contributed by atoms with Gasteiger partial charge in [-0.15, -0.1) is 0 Å². The largest absolute Gasteiger partial charge is 0.312 e. The first kappa shape index (κ1) is 16.8. The third-order valence-corrected chi connectivity index (χ3v) is 6.20. The zero-order chi connectivity index (χ0) is 19.8. The average Bonchev–Trinajstić information content (AvgIpc) is 2.93. The van der Waals surface area contributed by atoms with Crippen molar-refractivity contribution < 1.29 is 5.98 Å². The highest BCUT2D eigenvalue weighted by Gasteiger charge is 2.31. The van der Waals surface area contributed by atoms with E-state index in [0.717, 1.165) is 5.82 Å². The Balaban J connectivity index is 2.05. The first-order valence-electron chi connectivity index (χ1n) is 10.7. The molecule has 3 aromatic rings. The summed E-state index contributed by atoms with van der Waals surface area (Å²) in [5.74, 6) is 1.47. The highest BCUT2D eigenvalue weighted by Crippen LogP contribution is 2.35. The Hall–Kier alpha value is -2.35. The molecular weight excluding hydrogens is 328 g/mol. The summed E-state index contributed by atoms with van der Waals surface area (Å²) in [6, 6.07) is 15.0. The van der Waals surface area contributed by atoms with E-state index in [4.69, 9.17) is 0 Å². The molecule has 1 aliphatic rings. The molecule has 4 rings (SSSR count). The summed E-state index contributed by atoms with van der Waals surface area (Å²) in [5, 5.41) is 0. The van der Waals surface area contributed by atoms with E-state index < -0.39 is 0 Å². The molecule has 2 heteroatoms. The Bertz CT molecular complexity index is 989. The van der Waals surface area contributed by atoms with Gasteiger partial charge in [0, 0.05) is 12.8 Å². The molecule has 27 heavy (non-hydrogen) atoms. The first-order chi connectivity index (χ1) is 13.5.